The molecule has 2 aromatic carbocycles. The van der Waals surface area contributed by atoms with Gasteiger partial charge in [-0.15, -0.1) is 0 Å². The highest BCUT2D eigenvalue weighted by molar-refractivity contribution is 6.05. The summed E-state index contributed by atoms with van der Waals surface area (Å²) in [6.45, 7) is 0.417. The van der Waals surface area contributed by atoms with Gasteiger partial charge >= 0.3 is 5.97 Å². The molecular formula is C26H23N7O5. The van der Waals surface area contributed by atoms with Crippen molar-refractivity contribution in [1.29, 1.82) is 0 Å². The first kappa shape index (κ1) is 23.4. The van der Waals surface area contributed by atoms with E-state index in [1.165, 1.54) is 6.33 Å². The molecule has 6 rings (SSSR count). The lowest BCUT2D eigenvalue weighted by molar-refractivity contribution is -0.118. The van der Waals surface area contributed by atoms with Crippen LogP contribution in [0.1, 0.15) is 50.0 Å². The van der Waals surface area contributed by atoms with Crippen molar-refractivity contribution < 1.29 is 24.2 Å². The Hall–Kier alpha value is -5.00. The van der Waals surface area contributed by atoms with Gasteiger partial charge in [0.25, 0.3) is 11.8 Å². The summed E-state index contributed by atoms with van der Waals surface area (Å²) < 4.78 is 7.02. The topological polar surface area (TPSA) is 160 Å². The van der Waals surface area contributed by atoms with E-state index in [0.29, 0.717) is 47.7 Å². The molecule has 2 aromatic heterocycles. The number of fused-ring (bicyclic) bond motifs is 3. The largest absolute Gasteiger partial charge is 0.482 e. The number of benzene rings is 2. The van der Waals surface area contributed by atoms with Crippen LogP contribution in [0.25, 0.3) is 11.0 Å². The molecule has 12 nitrogen and oxygen atoms in total. The van der Waals surface area contributed by atoms with E-state index in [9.17, 15) is 19.5 Å². The van der Waals surface area contributed by atoms with E-state index in [2.05, 4.69) is 31.0 Å². The lowest BCUT2D eigenvalue weighted by atomic mass is 10.0. The number of carboxylic acids is 1. The van der Waals surface area contributed by atoms with Crippen LogP contribution in [0, 0.1) is 0 Å². The molecule has 0 saturated carbocycles. The summed E-state index contributed by atoms with van der Waals surface area (Å²) in [6.07, 6.45) is 2.67. The minimum absolute atomic E-state index is 0.000132. The van der Waals surface area contributed by atoms with Crippen molar-refractivity contribution in [3.63, 3.8) is 0 Å². The van der Waals surface area contributed by atoms with Crippen molar-refractivity contribution in [3.05, 3.63) is 70.7 Å². The highest BCUT2D eigenvalue weighted by atomic mass is 16.5. The molecule has 0 spiro atoms. The highest BCUT2D eigenvalue weighted by Crippen LogP contribution is 2.33. The van der Waals surface area contributed by atoms with Crippen molar-refractivity contribution in [2.24, 2.45) is 7.05 Å². The van der Waals surface area contributed by atoms with Crippen LogP contribution in [-0.4, -0.2) is 49.2 Å². The maximum Gasteiger partial charge on any atom is 0.335 e. The Morgan fingerprint density at radius 1 is 1.18 bits per heavy atom. The zero-order valence-corrected chi connectivity index (χ0v) is 20.3. The van der Waals surface area contributed by atoms with Gasteiger partial charge in [0.05, 0.1) is 17.3 Å². The van der Waals surface area contributed by atoms with Crippen LogP contribution in [0.2, 0.25) is 0 Å². The fourth-order valence-electron chi connectivity index (χ4n) is 4.92. The molecule has 1 atom stereocenters. The molecule has 12 heteroatoms. The minimum atomic E-state index is -0.976. The molecule has 4 N–H and O–H groups in total. The second-order valence-corrected chi connectivity index (χ2v) is 9.20. The monoisotopic (exact) mass is 513 g/mol. The van der Waals surface area contributed by atoms with Crippen LogP contribution in [0.3, 0.4) is 0 Å². The van der Waals surface area contributed by atoms with Gasteiger partial charge < -0.3 is 25.8 Å². The Morgan fingerprint density at radius 3 is 2.89 bits per heavy atom. The SMILES string of the molecule is Cn1nc2c(C(=O)N[C@H]3CCc4cc(C(=O)O)ccc43)ncnc2c1NCc1ccc2c(c1)NC(=O)CO2. The summed E-state index contributed by atoms with van der Waals surface area (Å²) in [5, 5.41) is 22.9. The van der Waals surface area contributed by atoms with Gasteiger partial charge in [-0.25, -0.2) is 14.8 Å². The Labute approximate surface area is 216 Å². The molecule has 0 unspecified atom stereocenters. The Balaban J connectivity index is 1.21. The maximum absolute atomic E-state index is 13.3. The second-order valence-electron chi connectivity index (χ2n) is 9.20. The van der Waals surface area contributed by atoms with Crippen molar-refractivity contribution in [2.45, 2.75) is 25.4 Å². The normalized spacial score (nSPS) is 15.8. The van der Waals surface area contributed by atoms with Crippen LogP contribution < -0.4 is 20.7 Å². The fourth-order valence-corrected chi connectivity index (χ4v) is 4.92. The Kier molecular flexibility index (Phi) is 5.63. The van der Waals surface area contributed by atoms with E-state index in [4.69, 9.17) is 4.74 Å². The number of ether oxygens (including phenoxy) is 1. The average molecular weight is 514 g/mol. The number of hydrogen-bond acceptors (Lipinski definition) is 8. The lowest BCUT2D eigenvalue weighted by Gasteiger charge is -2.18. The number of carbonyl (C=O) groups is 3. The molecule has 0 bridgehead atoms. The summed E-state index contributed by atoms with van der Waals surface area (Å²) >= 11 is 0. The molecule has 3 heterocycles. The first-order chi connectivity index (χ1) is 18.4. The van der Waals surface area contributed by atoms with E-state index >= 15 is 0 Å². The maximum atomic E-state index is 13.3. The quantitative estimate of drug-likeness (QED) is 0.303. The molecule has 4 aromatic rings. The predicted octanol–water partition coefficient (Wildman–Crippen LogP) is 2.42. The second kappa shape index (κ2) is 9.14. The first-order valence-electron chi connectivity index (χ1n) is 12.0. The zero-order chi connectivity index (χ0) is 26.4. The van der Waals surface area contributed by atoms with E-state index in [-0.39, 0.29) is 35.7 Å². The number of carbonyl (C=O) groups excluding carboxylic acids is 2. The number of hydrogen-bond donors (Lipinski definition) is 4. The van der Waals surface area contributed by atoms with E-state index in [1.807, 2.05) is 12.1 Å². The van der Waals surface area contributed by atoms with Crippen LogP contribution in [0.4, 0.5) is 11.5 Å². The molecule has 2 amide bonds. The number of aromatic nitrogens is 4. The van der Waals surface area contributed by atoms with Crippen LogP contribution in [0.15, 0.2) is 42.7 Å². The van der Waals surface area contributed by atoms with Crippen LogP contribution in [0.5, 0.6) is 5.75 Å². The number of amides is 2. The van der Waals surface area contributed by atoms with E-state index < -0.39 is 5.97 Å². The average Bonchev–Trinajstić information content (AvgIpc) is 3.46. The van der Waals surface area contributed by atoms with Crippen molar-refractivity contribution >= 4 is 40.3 Å². The van der Waals surface area contributed by atoms with Crippen LogP contribution >= 0.6 is 0 Å². The third-order valence-electron chi connectivity index (χ3n) is 6.75. The molecule has 1 aliphatic carbocycles. The number of nitrogens with one attached hydrogen (secondary N) is 3. The number of aryl methyl sites for hydroxylation is 2. The zero-order valence-electron chi connectivity index (χ0n) is 20.3. The van der Waals surface area contributed by atoms with Crippen molar-refractivity contribution in [2.75, 3.05) is 17.2 Å². The lowest BCUT2D eigenvalue weighted by Crippen LogP contribution is -2.28. The number of carboxylic acid groups (broad SMARTS) is 1. The van der Waals surface area contributed by atoms with Gasteiger partial charge in [0.2, 0.25) is 0 Å². The molecule has 0 radical (unpaired) electrons. The molecule has 192 valence electrons. The smallest absolute Gasteiger partial charge is 0.335 e. The summed E-state index contributed by atoms with van der Waals surface area (Å²) in [7, 11) is 1.75. The first-order valence-corrected chi connectivity index (χ1v) is 12.0. The van der Waals surface area contributed by atoms with Gasteiger partial charge in [0, 0.05) is 13.6 Å². The summed E-state index contributed by atoms with van der Waals surface area (Å²) in [5.74, 6) is -0.325. The Bertz CT molecular complexity index is 1630. The molecule has 0 fully saturated rings. The summed E-state index contributed by atoms with van der Waals surface area (Å²) in [4.78, 5) is 44.7. The third-order valence-corrected chi connectivity index (χ3v) is 6.75. The van der Waals surface area contributed by atoms with Gasteiger partial charge in [0.15, 0.2) is 18.1 Å². The van der Waals surface area contributed by atoms with Crippen molar-refractivity contribution in [3.8, 4) is 5.75 Å². The summed E-state index contributed by atoms with van der Waals surface area (Å²) in [5.41, 5.74) is 4.59. The van der Waals surface area contributed by atoms with Gasteiger partial charge in [-0.1, -0.05) is 12.1 Å². The Morgan fingerprint density at radius 2 is 2.05 bits per heavy atom. The third kappa shape index (κ3) is 4.15. The van der Waals surface area contributed by atoms with Gasteiger partial charge in [0.1, 0.15) is 23.1 Å². The van der Waals surface area contributed by atoms with Gasteiger partial charge in [-0.2, -0.15) is 5.10 Å². The molecule has 0 saturated heterocycles. The van der Waals surface area contributed by atoms with Crippen LogP contribution in [-0.2, 0) is 24.8 Å². The van der Waals surface area contributed by atoms with E-state index in [0.717, 1.165) is 16.7 Å². The number of rotatable bonds is 6. The molecule has 2 aliphatic rings. The fraction of sp³-hybridized carbons (Fsp3) is 0.231. The van der Waals surface area contributed by atoms with E-state index in [1.54, 1.807) is 36.0 Å². The minimum Gasteiger partial charge on any atom is -0.482 e. The predicted molar refractivity (Wildman–Crippen MR) is 136 cm³/mol. The molecule has 38 heavy (non-hydrogen) atoms. The number of anilines is 2. The molecular weight excluding hydrogens is 490 g/mol. The summed E-state index contributed by atoms with van der Waals surface area (Å²) in [6, 6.07) is 10.3. The standard InChI is InChI=1S/C26H23N7O5/c1-33-24(27-10-13-2-7-19-18(8-13)30-20(34)11-38-19)22-21(32-33)23(29-12-28-22)25(35)31-17-6-4-14-9-15(26(36)37)3-5-16(14)17/h2-3,5,7-9,12,17,27H,4,6,10-11H2,1H3,(H,30,34)(H,31,35)(H,36,37)/t17-/m0/s1. The highest BCUT2D eigenvalue weighted by Gasteiger charge is 2.27. The number of nitrogens with zero attached hydrogens (tertiary/aromatic N) is 4. The van der Waals surface area contributed by atoms with Gasteiger partial charge in [-0.3, -0.25) is 14.3 Å². The number of aromatic carboxylic acids is 1. The van der Waals surface area contributed by atoms with Crippen molar-refractivity contribution in [1.82, 2.24) is 25.1 Å². The van der Waals surface area contributed by atoms with Gasteiger partial charge in [-0.05, 0) is 53.8 Å². The molecule has 1 aliphatic heterocycles.